The number of aliphatic hydroxyl groups is 1. The number of anilines is 1. The number of nitrogens with two attached hydrogens (primary N) is 1. The summed E-state index contributed by atoms with van der Waals surface area (Å²) in [6.07, 6.45) is 3.66. The van der Waals surface area contributed by atoms with Crippen molar-refractivity contribution < 1.29 is 29.1 Å². The molecule has 0 radical (unpaired) electrons. The largest absolute Gasteiger partial charge is 0.507 e. The van der Waals surface area contributed by atoms with Gasteiger partial charge < -0.3 is 35.4 Å². The van der Waals surface area contributed by atoms with Crippen LogP contribution in [0, 0.1) is 24.7 Å². The van der Waals surface area contributed by atoms with Crippen LogP contribution in [0.2, 0.25) is 0 Å². The predicted octanol–water partition coefficient (Wildman–Crippen LogP) is 5.38. The summed E-state index contributed by atoms with van der Waals surface area (Å²) in [5, 5.41) is 40.9. The zero-order valence-corrected chi connectivity index (χ0v) is 39.0. The van der Waals surface area contributed by atoms with E-state index in [1.54, 1.807) is 52.5 Å². The van der Waals surface area contributed by atoms with Crippen molar-refractivity contribution in [1.29, 1.82) is 0 Å². The number of hydrogen-bond acceptors (Lipinski definition) is 15. The van der Waals surface area contributed by atoms with Gasteiger partial charge in [-0.15, -0.1) is 27.5 Å². The highest BCUT2D eigenvalue weighted by molar-refractivity contribution is 7.13. The molecule has 2 aliphatic rings. The molecular formula is C49H57N11O6S. The fourth-order valence-electron chi connectivity index (χ4n) is 8.60. The van der Waals surface area contributed by atoms with E-state index in [0.717, 1.165) is 66.4 Å². The number of phenolic OH excluding ortho intramolecular Hbond substituents is 1. The number of benzene rings is 2. The number of piperazine rings is 1. The number of carbonyl (C=O) groups is 2. The average Bonchev–Trinajstić information content (AvgIpc) is 4.16. The van der Waals surface area contributed by atoms with Crippen LogP contribution in [0.4, 0.5) is 5.82 Å². The van der Waals surface area contributed by atoms with Crippen molar-refractivity contribution in [2.75, 3.05) is 58.2 Å². The Hall–Kier alpha value is -6.65. The molecule has 0 unspecified atom stereocenters. The maximum Gasteiger partial charge on any atom is 0.254 e. The number of rotatable bonds is 16. The van der Waals surface area contributed by atoms with E-state index in [-0.39, 0.29) is 48.3 Å². The van der Waals surface area contributed by atoms with Gasteiger partial charge in [-0.1, -0.05) is 56.2 Å². The molecule has 0 aliphatic carbocycles. The fourth-order valence-corrected chi connectivity index (χ4v) is 9.41. The summed E-state index contributed by atoms with van der Waals surface area (Å²) in [6, 6.07) is 17.3. The molecule has 2 aliphatic heterocycles. The van der Waals surface area contributed by atoms with Crippen LogP contribution in [-0.2, 0) is 16.1 Å². The molecular weight excluding hydrogens is 871 g/mol. The standard InChI is InChI=1S/C49H57N11O6S/c1-31(2)45(49(64)60-29-37(61)24-41(60)48(63)53-32(3)34-12-14-35(15-13-34)46-33(4)51-30-67-46)43-26-44(56-66-43)65-23-22-58-20-18-57(19-21-58)16-8-5-9-17-59-28-36(27-52-59)39-25-40(54-55-47(39)50)38-10-6-7-11-42(38)62/h6-7,10-15,25-28,30-32,37,41,45,61-62H,8,16-24,29H2,1-4H3,(H2,50,55)(H,53,63)/t32-,37+,41-,45+/m0/s1. The molecule has 2 fully saturated rings. The zero-order chi connectivity index (χ0) is 47.0. The van der Waals surface area contributed by atoms with Crippen LogP contribution >= 0.6 is 11.3 Å². The summed E-state index contributed by atoms with van der Waals surface area (Å²) < 4.78 is 13.5. The quantitative estimate of drug-likeness (QED) is 0.0898. The van der Waals surface area contributed by atoms with Gasteiger partial charge in [-0.05, 0) is 54.2 Å². The van der Waals surface area contributed by atoms with E-state index in [0.29, 0.717) is 48.2 Å². The number of amides is 2. The highest BCUT2D eigenvalue weighted by Gasteiger charge is 2.43. The van der Waals surface area contributed by atoms with Crippen LogP contribution in [0.5, 0.6) is 11.6 Å². The molecule has 18 heteroatoms. The number of aliphatic hydroxyl groups excluding tert-OH is 1. The second-order valence-corrected chi connectivity index (χ2v) is 18.3. The average molecular weight is 928 g/mol. The minimum atomic E-state index is -0.827. The number of ether oxygens (including phenoxy) is 1. The number of likely N-dealkylation sites (tertiary alicyclic amines) is 1. The molecule has 6 aromatic rings. The lowest BCUT2D eigenvalue weighted by Gasteiger charge is -2.34. The van der Waals surface area contributed by atoms with Gasteiger partial charge in [-0.25, -0.2) is 4.98 Å². The van der Waals surface area contributed by atoms with Gasteiger partial charge in [0.05, 0.1) is 40.1 Å². The maximum atomic E-state index is 14.2. The number of nitrogen functional groups attached to an aromatic ring is 1. The van der Waals surface area contributed by atoms with Gasteiger partial charge in [0.25, 0.3) is 5.88 Å². The lowest BCUT2D eigenvalue weighted by Crippen LogP contribution is -2.48. The lowest BCUT2D eigenvalue weighted by atomic mass is 9.91. The highest BCUT2D eigenvalue weighted by Crippen LogP contribution is 2.34. The molecule has 2 aromatic carbocycles. The Kier molecular flexibility index (Phi) is 14.9. The van der Waals surface area contributed by atoms with E-state index in [1.165, 1.54) is 4.90 Å². The molecule has 4 aromatic heterocycles. The molecule has 4 atom stereocenters. The first kappa shape index (κ1) is 46.9. The number of carbonyl (C=O) groups excluding carboxylic acids is 2. The third-order valence-electron chi connectivity index (χ3n) is 12.4. The molecule has 2 saturated heterocycles. The molecule has 0 spiro atoms. The maximum absolute atomic E-state index is 14.2. The number of phenols is 1. The SMILES string of the molecule is Cc1ncsc1-c1ccc([C@H](C)NC(=O)[C@@H]2C[C@@H](O)CN2C(=O)[C@@H](c2cc(OCCN3CCN(CCC#CCn4cc(-c5cc(-c6ccccc6O)nnc5N)cn4)CC3)no2)C(C)C)cc1. The van der Waals surface area contributed by atoms with Gasteiger partial charge in [-0.2, -0.15) is 5.10 Å². The van der Waals surface area contributed by atoms with E-state index in [1.807, 2.05) is 69.7 Å². The van der Waals surface area contributed by atoms with Crippen molar-refractivity contribution in [3.63, 3.8) is 0 Å². The number of nitrogens with one attached hydrogen (secondary N) is 1. The Morgan fingerprint density at radius 3 is 2.48 bits per heavy atom. The summed E-state index contributed by atoms with van der Waals surface area (Å²) in [4.78, 5) is 39.5. The highest BCUT2D eigenvalue weighted by atomic mass is 32.1. The first-order valence-corrected chi connectivity index (χ1v) is 23.5. The fraction of sp³-hybridized carbons (Fsp3) is 0.408. The number of thiazole rings is 1. The van der Waals surface area contributed by atoms with Gasteiger partial charge in [0.2, 0.25) is 11.8 Å². The van der Waals surface area contributed by atoms with E-state index >= 15 is 0 Å². The number of nitrogens with zero attached hydrogens (tertiary/aromatic N) is 9. The molecule has 6 heterocycles. The van der Waals surface area contributed by atoms with Crippen molar-refractivity contribution in [2.45, 2.75) is 71.2 Å². The van der Waals surface area contributed by atoms with Crippen molar-refractivity contribution in [3.05, 3.63) is 95.6 Å². The van der Waals surface area contributed by atoms with Crippen LogP contribution in [0.15, 0.2) is 83.1 Å². The van der Waals surface area contributed by atoms with Crippen LogP contribution < -0.4 is 15.8 Å². The second kappa shape index (κ2) is 21.3. The summed E-state index contributed by atoms with van der Waals surface area (Å²) >= 11 is 1.59. The molecule has 67 heavy (non-hydrogen) atoms. The summed E-state index contributed by atoms with van der Waals surface area (Å²) in [5.74, 6) is 6.05. The van der Waals surface area contributed by atoms with Crippen LogP contribution in [-0.4, -0.2) is 131 Å². The molecule has 0 saturated carbocycles. The van der Waals surface area contributed by atoms with Gasteiger partial charge in [0.1, 0.15) is 30.9 Å². The Morgan fingerprint density at radius 2 is 1.75 bits per heavy atom. The number of para-hydroxylation sites is 1. The normalized spacial score (nSPS) is 17.6. The van der Waals surface area contributed by atoms with Gasteiger partial charge >= 0.3 is 0 Å². The Balaban J connectivity index is 0.758. The van der Waals surface area contributed by atoms with Crippen molar-refractivity contribution in [2.24, 2.45) is 5.92 Å². The molecule has 0 bridgehead atoms. The summed E-state index contributed by atoms with van der Waals surface area (Å²) in [7, 11) is 0. The monoisotopic (exact) mass is 927 g/mol. The molecule has 5 N–H and O–H groups in total. The molecule has 2 amide bonds. The predicted molar refractivity (Wildman–Crippen MR) is 255 cm³/mol. The van der Waals surface area contributed by atoms with E-state index in [4.69, 9.17) is 15.0 Å². The first-order chi connectivity index (χ1) is 32.4. The zero-order valence-electron chi connectivity index (χ0n) is 38.2. The smallest absolute Gasteiger partial charge is 0.254 e. The van der Waals surface area contributed by atoms with E-state index < -0.39 is 18.1 Å². The Labute approximate surface area is 393 Å². The van der Waals surface area contributed by atoms with Gasteiger partial charge in [0, 0.05) is 87.6 Å². The van der Waals surface area contributed by atoms with Crippen molar-refractivity contribution >= 4 is 29.0 Å². The minimum Gasteiger partial charge on any atom is -0.507 e. The molecule has 8 rings (SSSR count). The van der Waals surface area contributed by atoms with Gasteiger partial charge in [-0.3, -0.25) is 24.1 Å². The minimum absolute atomic E-state index is 0.0527. The second-order valence-electron chi connectivity index (χ2n) is 17.4. The van der Waals surface area contributed by atoms with Crippen LogP contribution in [0.3, 0.4) is 0 Å². The first-order valence-electron chi connectivity index (χ1n) is 22.7. The van der Waals surface area contributed by atoms with Crippen molar-refractivity contribution in [1.82, 2.24) is 50.1 Å². The third kappa shape index (κ3) is 11.3. The Morgan fingerprint density at radius 1 is 0.985 bits per heavy atom. The molecule has 17 nitrogen and oxygen atoms in total. The number of aryl methyl sites for hydroxylation is 1. The number of hydrogen-bond donors (Lipinski definition) is 4. The summed E-state index contributed by atoms with van der Waals surface area (Å²) in [5.41, 5.74) is 13.5. The number of aromatic hydroxyl groups is 1. The Bertz CT molecular complexity index is 2700. The third-order valence-corrected chi connectivity index (χ3v) is 13.4. The van der Waals surface area contributed by atoms with Gasteiger partial charge in [0.15, 0.2) is 11.6 Å². The van der Waals surface area contributed by atoms with Crippen molar-refractivity contribution in [3.8, 4) is 56.3 Å². The van der Waals surface area contributed by atoms with Crippen LogP contribution in [0.25, 0.3) is 32.8 Å². The topological polar surface area (TPSA) is 214 Å². The number of β-amino-alcohol motifs (C(OH)–C–C–N with tert-alkyl or cyclic N) is 1. The molecule has 350 valence electrons. The number of aromatic nitrogens is 6. The van der Waals surface area contributed by atoms with E-state index in [2.05, 4.69) is 52.4 Å². The van der Waals surface area contributed by atoms with Crippen LogP contribution in [0.1, 0.15) is 62.6 Å². The van der Waals surface area contributed by atoms with E-state index in [9.17, 15) is 19.8 Å². The lowest BCUT2D eigenvalue weighted by molar-refractivity contribution is -0.141. The summed E-state index contributed by atoms with van der Waals surface area (Å²) in [6.45, 7) is 13.9.